The van der Waals surface area contributed by atoms with Crippen LogP contribution in [-0.2, 0) is 11.2 Å². The molecule has 0 radical (unpaired) electrons. The van der Waals surface area contributed by atoms with E-state index < -0.39 is 0 Å². The lowest BCUT2D eigenvalue weighted by molar-refractivity contribution is -0.131. The van der Waals surface area contributed by atoms with E-state index in [9.17, 15) is 4.79 Å². The van der Waals surface area contributed by atoms with Crippen LogP contribution in [0.3, 0.4) is 0 Å². The molecule has 6 nitrogen and oxygen atoms in total. The van der Waals surface area contributed by atoms with E-state index in [4.69, 9.17) is 4.52 Å². The van der Waals surface area contributed by atoms with Gasteiger partial charge >= 0.3 is 0 Å². The third-order valence-corrected chi connectivity index (χ3v) is 4.35. The molecule has 1 saturated heterocycles. The minimum absolute atomic E-state index is 0.218. The molecule has 1 amide bonds. The normalized spacial score (nSPS) is 14.9. The van der Waals surface area contributed by atoms with Crippen molar-refractivity contribution in [3.05, 3.63) is 41.5 Å². The maximum Gasteiger partial charge on any atom is 0.226 e. The van der Waals surface area contributed by atoms with Crippen molar-refractivity contribution in [1.29, 1.82) is 0 Å². The van der Waals surface area contributed by atoms with E-state index in [1.54, 1.807) is 6.92 Å². The quantitative estimate of drug-likeness (QED) is 0.843. The average molecular weight is 328 g/mol. The topological polar surface area (TPSA) is 62.5 Å². The second-order valence-electron chi connectivity index (χ2n) is 6.30. The summed E-state index contributed by atoms with van der Waals surface area (Å²) < 4.78 is 5.07. The molecule has 0 saturated carbocycles. The monoisotopic (exact) mass is 328 g/mol. The molecule has 0 bridgehead atoms. The Kier molecular flexibility index (Phi) is 5.13. The summed E-state index contributed by atoms with van der Waals surface area (Å²) in [5.74, 6) is 1.48. The maximum absolute atomic E-state index is 12.3. The largest absolute Gasteiger partial charge is 0.368 e. The zero-order valence-corrected chi connectivity index (χ0v) is 14.4. The van der Waals surface area contributed by atoms with Crippen molar-refractivity contribution in [2.45, 2.75) is 33.1 Å². The number of rotatable bonds is 5. The molecule has 24 heavy (non-hydrogen) atoms. The first kappa shape index (κ1) is 16.5. The maximum atomic E-state index is 12.3. The molecule has 1 aromatic heterocycles. The Bertz CT molecular complexity index is 690. The Labute approximate surface area is 142 Å². The molecule has 0 atom stereocenters. The Balaban J connectivity index is 1.43. The molecule has 2 aromatic rings. The Hall–Kier alpha value is -2.37. The van der Waals surface area contributed by atoms with Gasteiger partial charge in [0.15, 0.2) is 5.82 Å². The molecule has 1 aromatic carbocycles. The summed E-state index contributed by atoms with van der Waals surface area (Å²) in [6, 6.07) is 8.52. The van der Waals surface area contributed by atoms with Gasteiger partial charge in [-0.3, -0.25) is 4.79 Å². The fourth-order valence-electron chi connectivity index (χ4n) is 3.03. The van der Waals surface area contributed by atoms with Crippen molar-refractivity contribution in [2.75, 3.05) is 31.1 Å². The molecule has 0 aliphatic carbocycles. The first-order chi connectivity index (χ1) is 11.6. The fraction of sp³-hybridized carbons (Fsp3) is 0.500. The van der Waals surface area contributed by atoms with Gasteiger partial charge in [0.2, 0.25) is 11.8 Å². The summed E-state index contributed by atoms with van der Waals surface area (Å²) in [6.07, 6.45) is 1.94. The molecule has 1 fully saturated rings. The van der Waals surface area contributed by atoms with Crippen LogP contribution in [0.2, 0.25) is 0 Å². The van der Waals surface area contributed by atoms with Gasteiger partial charge in [-0.2, -0.15) is 4.98 Å². The van der Waals surface area contributed by atoms with Crippen LogP contribution in [0, 0.1) is 13.8 Å². The number of amides is 1. The Morgan fingerprint density at radius 1 is 1.21 bits per heavy atom. The van der Waals surface area contributed by atoms with Gasteiger partial charge in [-0.1, -0.05) is 17.3 Å². The molecule has 1 aliphatic heterocycles. The van der Waals surface area contributed by atoms with Crippen LogP contribution in [0.4, 0.5) is 5.69 Å². The zero-order chi connectivity index (χ0) is 16.9. The molecular weight excluding hydrogens is 304 g/mol. The second kappa shape index (κ2) is 7.47. The number of anilines is 1. The molecule has 128 valence electrons. The summed E-state index contributed by atoms with van der Waals surface area (Å²) in [7, 11) is 0. The smallest absolute Gasteiger partial charge is 0.226 e. The van der Waals surface area contributed by atoms with Crippen LogP contribution in [0.25, 0.3) is 0 Å². The number of hydrogen-bond donors (Lipinski definition) is 0. The lowest BCUT2D eigenvalue weighted by Crippen LogP contribution is -2.48. The van der Waals surface area contributed by atoms with Gasteiger partial charge in [-0.25, -0.2) is 0 Å². The van der Waals surface area contributed by atoms with Crippen LogP contribution in [-0.4, -0.2) is 47.1 Å². The van der Waals surface area contributed by atoms with Crippen molar-refractivity contribution >= 4 is 11.6 Å². The van der Waals surface area contributed by atoms with E-state index in [1.165, 1.54) is 11.3 Å². The average Bonchev–Trinajstić information content (AvgIpc) is 3.00. The highest BCUT2D eigenvalue weighted by atomic mass is 16.5. The van der Waals surface area contributed by atoms with Crippen molar-refractivity contribution < 1.29 is 9.32 Å². The molecule has 0 N–H and O–H groups in total. The highest BCUT2D eigenvalue weighted by molar-refractivity contribution is 5.76. The van der Waals surface area contributed by atoms with Crippen LogP contribution >= 0.6 is 0 Å². The standard InChI is InChI=1S/C18H24N4O2/c1-14-5-3-6-16(13-14)21-9-11-22(12-10-21)18(23)8-4-7-17-19-15(2)20-24-17/h3,5-6,13H,4,7-12H2,1-2H3. The van der Waals surface area contributed by atoms with Crippen molar-refractivity contribution in [3.8, 4) is 0 Å². The van der Waals surface area contributed by atoms with Crippen molar-refractivity contribution in [2.24, 2.45) is 0 Å². The summed E-state index contributed by atoms with van der Waals surface area (Å²) in [4.78, 5) is 20.8. The second-order valence-corrected chi connectivity index (χ2v) is 6.30. The van der Waals surface area contributed by atoms with E-state index in [-0.39, 0.29) is 5.91 Å². The first-order valence-electron chi connectivity index (χ1n) is 8.50. The number of hydrogen-bond acceptors (Lipinski definition) is 5. The van der Waals surface area contributed by atoms with Crippen LogP contribution < -0.4 is 4.90 Å². The Morgan fingerprint density at radius 3 is 2.67 bits per heavy atom. The summed E-state index contributed by atoms with van der Waals surface area (Å²) >= 11 is 0. The van der Waals surface area contributed by atoms with Gasteiger partial charge in [0.05, 0.1) is 0 Å². The zero-order valence-electron chi connectivity index (χ0n) is 14.4. The number of nitrogens with zero attached hydrogens (tertiary/aromatic N) is 4. The molecular formula is C18H24N4O2. The summed E-state index contributed by atoms with van der Waals surface area (Å²) in [6.45, 7) is 7.25. The van der Waals surface area contributed by atoms with Crippen molar-refractivity contribution in [1.82, 2.24) is 15.0 Å². The number of piperazine rings is 1. The predicted molar refractivity (Wildman–Crippen MR) is 91.9 cm³/mol. The van der Waals surface area contributed by atoms with E-state index in [0.717, 1.165) is 32.6 Å². The minimum Gasteiger partial charge on any atom is -0.368 e. The Morgan fingerprint density at radius 2 is 2.00 bits per heavy atom. The number of aryl methyl sites for hydroxylation is 3. The predicted octanol–water partition coefficient (Wildman–Crippen LogP) is 2.36. The first-order valence-corrected chi connectivity index (χ1v) is 8.50. The lowest BCUT2D eigenvalue weighted by atomic mass is 10.1. The van der Waals surface area contributed by atoms with Gasteiger partial charge in [0, 0.05) is 44.7 Å². The third kappa shape index (κ3) is 4.13. The van der Waals surface area contributed by atoms with E-state index in [0.29, 0.717) is 24.6 Å². The minimum atomic E-state index is 0.218. The van der Waals surface area contributed by atoms with Gasteiger partial charge in [-0.15, -0.1) is 0 Å². The van der Waals surface area contributed by atoms with E-state index >= 15 is 0 Å². The van der Waals surface area contributed by atoms with E-state index in [1.807, 2.05) is 4.90 Å². The molecule has 6 heteroatoms. The van der Waals surface area contributed by atoms with Crippen LogP contribution in [0.5, 0.6) is 0 Å². The fourth-order valence-corrected chi connectivity index (χ4v) is 3.03. The number of carbonyl (C=O) groups is 1. The third-order valence-electron chi connectivity index (χ3n) is 4.35. The SMILES string of the molecule is Cc1cccc(N2CCN(C(=O)CCCc3nc(C)no3)CC2)c1. The lowest BCUT2D eigenvalue weighted by Gasteiger charge is -2.36. The molecule has 1 aliphatic rings. The summed E-state index contributed by atoms with van der Waals surface area (Å²) in [5, 5.41) is 3.76. The van der Waals surface area contributed by atoms with Crippen LogP contribution in [0.15, 0.2) is 28.8 Å². The highest BCUT2D eigenvalue weighted by Gasteiger charge is 2.21. The summed E-state index contributed by atoms with van der Waals surface area (Å²) in [5.41, 5.74) is 2.51. The highest BCUT2D eigenvalue weighted by Crippen LogP contribution is 2.18. The van der Waals surface area contributed by atoms with Gasteiger partial charge in [0.25, 0.3) is 0 Å². The van der Waals surface area contributed by atoms with Gasteiger partial charge in [0.1, 0.15) is 0 Å². The molecule has 3 rings (SSSR count). The number of benzene rings is 1. The van der Waals surface area contributed by atoms with Gasteiger partial charge in [-0.05, 0) is 38.0 Å². The molecule has 0 spiro atoms. The number of carbonyl (C=O) groups excluding carboxylic acids is 1. The van der Waals surface area contributed by atoms with Crippen LogP contribution in [0.1, 0.15) is 30.1 Å². The van der Waals surface area contributed by atoms with Crippen molar-refractivity contribution in [3.63, 3.8) is 0 Å². The number of aromatic nitrogens is 2. The van der Waals surface area contributed by atoms with E-state index in [2.05, 4.69) is 46.2 Å². The molecule has 0 unspecified atom stereocenters. The van der Waals surface area contributed by atoms with Gasteiger partial charge < -0.3 is 14.3 Å². The molecule has 2 heterocycles.